The van der Waals surface area contributed by atoms with Crippen molar-refractivity contribution in [1.82, 2.24) is 4.90 Å². The van der Waals surface area contributed by atoms with Crippen molar-refractivity contribution in [1.29, 1.82) is 5.41 Å². The number of allylic oxidation sites excluding steroid dienone is 14. The lowest BCUT2D eigenvalue weighted by Crippen LogP contribution is -2.22. The molecular formula is C51H61N3O. The van der Waals surface area contributed by atoms with Crippen LogP contribution >= 0.6 is 0 Å². The van der Waals surface area contributed by atoms with Gasteiger partial charge in [-0.2, -0.15) is 0 Å². The van der Waals surface area contributed by atoms with Crippen molar-refractivity contribution in [2.24, 2.45) is 0 Å². The molecule has 3 aliphatic rings. The summed E-state index contributed by atoms with van der Waals surface area (Å²) in [7, 11) is 0. The molecular weight excluding hydrogens is 671 g/mol. The van der Waals surface area contributed by atoms with E-state index < -0.39 is 0 Å². The summed E-state index contributed by atoms with van der Waals surface area (Å²) >= 11 is 0. The second-order valence-corrected chi connectivity index (χ2v) is 12.1. The van der Waals surface area contributed by atoms with Gasteiger partial charge >= 0.3 is 0 Å². The van der Waals surface area contributed by atoms with Gasteiger partial charge in [-0.1, -0.05) is 145 Å². The number of rotatable bonds is 8. The molecule has 1 aliphatic heterocycles. The Labute approximate surface area is 331 Å². The Kier molecular flexibility index (Phi) is 18.2. The third kappa shape index (κ3) is 10.6. The van der Waals surface area contributed by atoms with Crippen LogP contribution < -0.4 is 4.90 Å². The minimum atomic E-state index is 0.790. The van der Waals surface area contributed by atoms with E-state index in [0.717, 1.165) is 58.2 Å². The fourth-order valence-electron chi connectivity index (χ4n) is 6.55. The summed E-state index contributed by atoms with van der Waals surface area (Å²) in [4.78, 5) is 4.74. The van der Waals surface area contributed by atoms with E-state index >= 15 is 0 Å². The van der Waals surface area contributed by atoms with Gasteiger partial charge in [0.15, 0.2) is 0 Å². The molecule has 0 bridgehead atoms. The Morgan fingerprint density at radius 1 is 0.873 bits per heavy atom. The number of nitrogens with one attached hydrogen (secondary N) is 1. The number of hydrogen-bond acceptors (Lipinski definition) is 4. The van der Waals surface area contributed by atoms with E-state index in [9.17, 15) is 0 Å². The standard InChI is InChI=1S/C35H32N2O.C10H11N.3C2H6/c1-5-13-26(6-2)36-21-12-11-14-24(3)30-22-28(23-31(30)36)37(27-15-7-8-16-27)35-25(4)19-20-33-34(35)29-17-9-10-18-32(29)38-33;11-9-5-4-8-10-6-2-1-3-7-10;3*1-2/h5-15,17-21,23H,3,16,22H2,1-2,4H3;1-7,9,11H,8H2;3*1-2H3/b13-5-,14-11-,21-12-,26-6+;5-4-,11-9?;;;. The number of hydrogen-bond donors (Lipinski definition) is 1. The minimum absolute atomic E-state index is 0.790. The monoisotopic (exact) mass is 731 g/mol. The highest BCUT2D eigenvalue weighted by Gasteiger charge is 2.30. The van der Waals surface area contributed by atoms with Gasteiger partial charge in [0.2, 0.25) is 0 Å². The summed E-state index contributed by atoms with van der Waals surface area (Å²) in [5.41, 5.74) is 12.6. The normalized spacial score (nSPS) is 15.7. The Morgan fingerprint density at radius 3 is 2.27 bits per heavy atom. The first-order valence-corrected chi connectivity index (χ1v) is 19.9. The zero-order chi connectivity index (χ0) is 40.2. The highest BCUT2D eigenvalue weighted by atomic mass is 16.3. The van der Waals surface area contributed by atoms with Crippen molar-refractivity contribution >= 4 is 33.8 Å². The molecule has 2 aliphatic carbocycles. The molecule has 4 nitrogen and oxygen atoms in total. The molecule has 0 unspecified atom stereocenters. The summed E-state index contributed by atoms with van der Waals surface area (Å²) in [6, 6.07) is 22.8. The maximum Gasteiger partial charge on any atom is 0.137 e. The van der Waals surface area contributed by atoms with Crippen molar-refractivity contribution in [2.45, 2.75) is 81.6 Å². The predicted molar refractivity (Wildman–Crippen MR) is 242 cm³/mol. The molecule has 55 heavy (non-hydrogen) atoms. The number of nitrogens with zero attached hydrogens (tertiary/aromatic N) is 2. The third-order valence-corrected chi connectivity index (χ3v) is 8.87. The molecule has 0 atom stereocenters. The molecule has 1 aromatic heterocycles. The number of aryl methyl sites for hydroxylation is 1. The van der Waals surface area contributed by atoms with E-state index in [2.05, 4.69) is 147 Å². The summed E-state index contributed by atoms with van der Waals surface area (Å²) in [5, 5.41) is 9.06. The van der Waals surface area contributed by atoms with Crippen molar-refractivity contribution in [3.05, 3.63) is 197 Å². The van der Waals surface area contributed by atoms with E-state index in [0.29, 0.717) is 0 Å². The van der Waals surface area contributed by atoms with Crippen LogP contribution in [0.3, 0.4) is 0 Å². The first-order chi connectivity index (χ1) is 27.0. The van der Waals surface area contributed by atoms with E-state index in [1.54, 1.807) is 6.08 Å². The van der Waals surface area contributed by atoms with Crippen LogP contribution in [0, 0.1) is 12.3 Å². The first kappa shape index (κ1) is 43.5. The second-order valence-electron chi connectivity index (χ2n) is 12.1. The average Bonchev–Trinajstić information content (AvgIpc) is 4.01. The maximum atomic E-state index is 6.76. The Morgan fingerprint density at radius 2 is 1.60 bits per heavy atom. The average molecular weight is 732 g/mol. The minimum Gasteiger partial charge on any atom is -0.456 e. The topological polar surface area (TPSA) is 43.5 Å². The lowest BCUT2D eigenvalue weighted by atomic mass is 10.0. The molecule has 0 spiro atoms. The van der Waals surface area contributed by atoms with Gasteiger partial charge in [0.05, 0.1) is 16.8 Å². The lowest BCUT2D eigenvalue weighted by molar-refractivity contribution is 0.606. The predicted octanol–water partition coefficient (Wildman–Crippen LogP) is 15.0. The molecule has 4 heteroatoms. The number of para-hydroxylation sites is 1. The molecule has 7 rings (SSSR count). The van der Waals surface area contributed by atoms with E-state index in [1.807, 2.05) is 71.9 Å². The molecule has 0 saturated carbocycles. The van der Waals surface area contributed by atoms with Crippen LogP contribution in [-0.4, -0.2) is 11.1 Å². The van der Waals surface area contributed by atoms with Gasteiger partial charge in [-0.25, -0.2) is 0 Å². The number of fused-ring (bicyclic) bond motifs is 3. The van der Waals surface area contributed by atoms with Gasteiger partial charge < -0.3 is 19.6 Å². The van der Waals surface area contributed by atoms with Gasteiger partial charge in [0, 0.05) is 47.7 Å². The van der Waals surface area contributed by atoms with E-state index in [-0.39, 0.29) is 0 Å². The van der Waals surface area contributed by atoms with Gasteiger partial charge in [-0.15, -0.1) is 0 Å². The van der Waals surface area contributed by atoms with Crippen LogP contribution in [0.15, 0.2) is 191 Å². The van der Waals surface area contributed by atoms with Crippen LogP contribution in [0.5, 0.6) is 0 Å². The zero-order valence-corrected chi connectivity index (χ0v) is 34.6. The molecule has 0 saturated heterocycles. The molecule has 286 valence electrons. The zero-order valence-electron chi connectivity index (χ0n) is 34.6. The highest BCUT2D eigenvalue weighted by Crippen LogP contribution is 2.46. The smallest absolute Gasteiger partial charge is 0.137 e. The third-order valence-electron chi connectivity index (χ3n) is 8.87. The van der Waals surface area contributed by atoms with Crippen molar-refractivity contribution in [2.75, 3.05) is 4.90 Å². The van der Waals surface area contributed by atoms with Crippen LogP contribution in [0.2, 0.25) is 0 Å². The second kappa shape index (κ2) is 23.0. The molecule has 2 heterocycles. The molecule has 1 N–H and O–H groups in total. The van der Waals surface area contributed by atoms with Crippen molar-refractivity contribution in [3.63, 3.8) is 0 Å². The number of furan rings is 1. The summed E-state index contributed by atoms with van der Waals surface area (Å²) in [5.74, 6) is 0. The van der Waals surface area contributed by atoms with Crippen LogP contribution in [-0.2, 0) is 6.42 Å². The Hall–Kier alpha value is -5.87. The molecule has 0 amide bonds. The van der Waals surface area contributed by atoms with Crippen LogP contribution in [0.1, 0.15) is 79.4 Å². The molecule has 4 aromatic rings. The summed E-state index contributed by atoms with van der Waals surface area (Å²) < 4.78 is 6.31. The van der Waals surface area contributed by atoms with Gasteiger partial charge in [-0.05, 0) is 92.0 Å². The first-order valence-electron chi connectivity index (χ1n) is 19.9. The fourth-order valence-corrected chi connectivity index (χ4v) is 6.55. The van der Waals surface area contributed by atoms with Crippen molar-refractivity contribution in [3.8, 4) is 0 Å². The van der Waals surface area contributed by atoms with Crippen molar-refractivity contribution < 1.29 is 4.42 Å². The highest BCUT2D eigenvalue weighted by molar-refractivity contribution is 6.13. The Balaban J connectivity index is 0.000000404. The molecule has 3 aromatic carbocycles. The number of anilines is 1. The largest absolute Gasteiger partial charge is 0.456 e. The van der Waals surface area contributed by atoms with Gasteiger partial charge in [0.25, 0.3) is 0 Å². The van der Waals surface area contributed by atoms with Gasteiger partial charge in [-0.3, -0.25) is 0 Å². The van der Waals surface area contributed by atoms with Crippen LogP contribution in [0.4, 0.5) is 5.69 Å². The summed E-state index contributed by atoms with van der Waals surface area (Å²) in [6.45, 7) is 22.8. The fraction of sp³-hybridized carbons (Fsp3) is 0.235. The van der Waals surface area contributed by atoms with Crippen LogP contribution in [0.25, 0.3) is 21.9 Å². The molecule has 0 fully saturated rings. The summed E-state index contributed by atoms with van der Waals surface area (Å²) in [6.07, 6.45) is 31.4. The SMILES string of the molecule is C=C1/C=C\C=C/N(C(/C=C\C)=C/C)C2=C1CC(N(C1=CC=CC1)c1c(C)ccc3oc4ccccc4c13)=C2.CC.CC.CC.N=C/C=C\Cc1ccccc1. The molecule has 0 radical (unpaired) electrons. The Bertz CT molecular complexity index is 2160. The van der Waals surface area contributed by atoms with Gasteiger partial charge in [0.1, 0.15) is 11.2 Å². The maximum absolute atomic E-state index is 6.76. The quantitative estimate of drug-likeness (QED) is 0.145. The van der Waals surface area contributed by atoms with E-state index in [1.165, 1.54) is 40.0 Å². The number of benzene rings is 3. The lowest BCUT2D eigenvalue weighted by Gasteiger charge is -2.30. The van der Waals surface area contributed by atoms with E-state index in [4.69, 9.17) is 9.83 Å².